The highest BCUT2D eigenvalue weighted by molar-refractivity contribution is 7.45. The van der Waals surface area contributed by atoms with Gasteiger partial charge in [-0.05, 0) is 44.9 Å². The van der Waals surface area contributed by atoms with E-state index < -0.39 is 20.0 Å². The SMILES string of the molecule is CCCCCCC/C=C\C/C=C\CCCCCCCCCCCCCCCC(=O)NC(COP(=O)([O-])OCC[N+](C)(C)C)C(O)CCCCCCCCCCCCCCCCCCCCCC. The smallest absolute Gasteiger partial charge is 0.268 e. The zero-order valence-electron chi connectivity index (χ0n) is 45.4. The average Bonchev–Trinajstić information content (AvgIpc) is 3.29. The number of allylic oxidation sites excluding steroid dienone is 4. The van der Waals surface area contributed by atoms with Crippen molar-refractivity contribution in [2.75, 3.05) is 40.9 Å². The number of hydrogen-bond acceptors (Lipinski definition) is 6. The Kier molecular flexibility index (Phi) is 49.2. The molecule has 1 amide bonds. The molecule has 0 aromatic rings. The topological polar surface area (TPSA) is 108 Å². The molecule has 0 bridgehead atoms. The Bertz CT molecular complexity index is 1140. The molecule has 8 nitrogen and oxygen atoms in total. The first-order valence-electron chi connectivity index (χ1n) is 29.2. The highest BCUT2D eigenvalue weighted by Gasteiger charge is 2.24. The summed E-state index contributed by atoms with van der Waals surface area (Å²) >= 11 is 0. The van der Waals surface area contributed by atoms with Crippen LogP contribution in [0.15, 0.2) is 24.3 Å². The molecule has 0 rings (SSSR count). The van der Waals surface area contributed by atoms with Crippen molar-refractivity contribution in [3.8, 4) is 0 Å². The number of quaternary nitrogens is 1. The largest absolute Gasteiger partial charge is 0.756 e. The highest BCUT2D eigenvalue weighted by Crippen LogP contribution is 2.38. The van der Waals surface area contributed by atoms with E-state index in [4.69, 9.17) is 9.05 Å². The van der Waals surface area contributed by atoms with Gasteiger partial charge in [0.05, 0.1) is 39.9 Å². The van der Waals surface area contributed by atoms with E-state index in [-0.39, 0.29) is 19.1 Å². The molecule has 0 aromatic heterocycles. The predicted octanol–water partition coefficient (Wildman–Crippen LogP) is 17.0. The van der Waals surface area contributed by atoms with Crippen LogP contribution in [0.1, 0.15) is 290 Å². The lowest BCUT2D eigenvalue weighted by molar-refractivity contribution is -0.870. The zero-order valence-corrected chi connectivity index (χ0v) is 46.3. The van der Waals surface area contributed by atoms with Crippen molar-refractivity contribution in [1.82, 2.24) is 5.32 Å². The third-order valence-electron chi connectivity index (χ3n) is 13.4. The fourth-order valence-electron chi connectivity index (χ4n) is 8.84. The van der Waals surface area contributed by atoms with Crippen LogP contribution in [0.3, 0.4) is 0 Å². The molecule has 0 saturated heterocycles. The number of phosphoric ester groups is 1. The molecule has 0 heterocycles. The number of carbonyl (C=O) groups is 1. The molecule has 0 spiro atoms. The number of carbonyl (C=O) groups excluding carboxylic acids is 1. The molecule has 0 saturated carbocycles. The van der Waals surface area contributed by atoms with Crippen LogP contribution in [-0.4, -0.2) is 68.5 Å². The molecule has 3 unspecified atom stereocenters. The quantitative estimate of drug-likeness (QED) is 0.0272. The lowest BCUT2D eigenvalue weighted by atomic mass is 10.0. The number of aliphatic hydroxyl groups excluding tert-OH is 1. The molecule has 0 aliphatic heterocycles. The second kappa shape index (κ2) is 49.9. The molecule has 0 radical (unpaired) electrons. The summed E-state index contributed by atoms with van der Waals surface area (Å²) in [6, 6.07) is -0.800. The summed E-state index contributed by atoms with van der Waals surface area (Å²) < 4.78 is 23.4. The number of phosphoric acid groups is 1. The van der Waals surface area contributed by atoms with Gasteiger partial charge >= 0.3 is 0 Å². The van der Waals surface area contributed by atoms with Crippen LogP contribution in [0.2, 0.25) is 0 Å². The first-order chi connectivity index (χ1) is 32.5. The molecule has 0 aliphatic rings. The minimum atomic E-state index is -4.57. The third-order valence-corrected chi connectivity index (χ3v) is 14.4. The number of nitrogens with zero attached hydrogens (tertiary/aromatic N) is 1. The van der Waals surface area contributed by atoms with E-state index in [2.05, 4.69) is 43.5 Å². The van der Waals surface area contributed by atoms with E-state index >= 15 is 0 Å². The van der Waals surface area contributed by atoms with Crippen molar-refractivity contribution >= 4 is 13.7 Å². The molecule has 9 heteroatoms. The van der Waals surface area contributed by atoms with Gasteiger partial charge in [0.15, 0.2) is 0 Å². The van der Waals surface area contributed by atoms with Crippen LogP contribution >= 0.6 is 7.82 Å². The maximum Gasteiger partial charge on any atom is 0.268 e. The zero-order chi connectivity index (χ0) is 49.2. The molecular formula is C58H115N2O6P. The predicted molar refractivity (Wildman–Crippen MR) is 289 cm³/mol. The average molecular weight is 968 g/mol. The summed E-state index contributed by atoms with van der Waals surface area (Å²) in [5.74, 6) is -0.161. The highest BCUT2D eigenvalue weighted by atomic mass is 31.2. The monoisotopic (exact) mass is 967 g/mol. The van der Waals surface area contributed by atoms with Crippen LogP contribution < -0.4 is 10.2 Å². The van der Waals surface area contributed by atoms with Crippen molar-refractivity contribution in [3.63, 3.8) is 0 Å². The normalized spacial score (nSPS) is 14.1. The number of likely N-dealkylation sites (N-methyl/N-ethyl adjacent to an activating group) is 1. The van der Waals surface area contributed by atoms with Gasteiger partial charge in [-0.3, -0.25) is 9.36 Å². The van der Waals surface area contributed by atoms with Gasteiger partial charge in [-0.2, -0.15) is 0 Å². The van der Waals surface area contributed by atoms with Crippen molar-refractivity contribution in [2.24, 2.45) is 0 Å². The van der Waals surface area contributed by atoms with Gasteiger partial charge in [-0.1, -0.05) is 263 Å². The number of unbranched alkanes of at least 4 members (excludes halogenated alkanes) is 37. The van der Waals surface area contributed by atoms with Gasteiger partial charge in [0.25, 0.3) is 7.82 Å². The molecule has 0 aromatic carbocycles. The van der Waals surface area contributed by atoms with E-state index in [0.717, 1.165) is 44.9 Å². The minimum absolute atomic E-state index is 0.0137. The standard InChI is InChI=1S/C58H115N2O6P/c1-6-8-10-12-14-16-18-20-22-24-26-28-29-30-31-32-34-36-38-40-42-44-46-48-50-52-58(62)59-56(55-66-67(63,64)65-54-53-60(3,4)5)57(61)51-49-47-45-43-41-39-37-35-33-27-25-23-21-19-17-15-13-11-9-7-2/h18,20,24,26,56-57,61H,6-17,19,21-23,25,27-55H2,1-5H3,(H-,59,62,63,64)/b20-18-,26-24-. The Labute approximate surface area is 417 Å². The van der Waals surface area contributed by atoms with Crippen molar-refractivity contribution in [1.29, 1.82) is 0 Å². The number of hydrogen-bond donors (Lipinski definition) is 2. The fourth-order valence-corrected chi connectivity index (χ4v) is 9.56. The van der Waals surface area contributed by atoms with Gasteiger partial charge in [-0.15, -0.1) is 0 Å². The van der Waals surface area contributed by atoms with Crippen LogP contribution in [0, 0.1) is 0 Å². The Morgan fingerprint density at radius 1 is 0.522 bits per heavy atom. The van der Waals surface area contributed by atoms with Gasteiger partial charge in [0, 0.05) is 6.42 Å². The number of amides is 1. The summed E-state index contributed by atoms with van der Waals surface area (Å²) in [5.41, 5.74) is 0. The lowest BCUT2D eigenvalue weighted by Gasteiger charge is -2.30. The van der Waals surface area contributed by atoms with Crippen molar-refractivity contribution < 1.29 is 32.9 Å². The molecular weight excluding hydrogens is 852 g/mol. The van der Waals surface area contributed by atoms with Crippen LogP contribution in [-0.2, 0) is 18.4 Å². The summed E-state index contributed by atoms with van der Waals surface area (Å²) in [6.07, 6.45) is 62.0. The van der Waals surface area contributed by atoms with Crippen LogP contribution in [0.25, 0.3) is 0 Å². The van der Waals surface area contributed by atoms with Gasteiger partial charge in [0.1, 0.15) is 13.2 Å². The summed E-state index contributed by atoms with van der Waals surface area (Å²) in [6.45, 7) is 4.75. The summed E-state index contributed by atoms with van der Waals surface area (Å²) in [5, 5.41) is 14.0. The van der Waals surface area contributed by atoms with Gasteiger partial charge in [0.2, 0.25) is 5.91 Å². The molecule has 0 fully saturated rings. The van der Waals surface area contributed by atoms with E-state index in [1.807, 2.05) is 21.1 Å². The molecule has 67 heavy (non-hydrogen) atoms. The van der Waals surface area contributed by atoms with E-state index in [1.165, 1.54) is 218 Å². The molecule has 3 atom stereocenters. The summed E-state index contributed by atoms with van der Waals surface area (Å²) in [7, 11) is 1.32. The number of nitrogens with one attached hydrogen (secondary N) is 1. The molecule has 398 valence electrons. The second-order valence-electron chi connectivity index (χ2n) is 21.4. The van der Waals surface area contributed by atoms with E-state index in [0.29, 0.717) is 23.9 Å². The lowest BCUT2D eigenvalue weighted by Crippen LogP contribution is -2.46. The van der Waals surface area contributed by atoms with Crippen LogP contribution in [0.5, 0.6) is 0 Å². The molecule has 2 N–H and O–H groups in total. The van der Waals surface area contributed by atoms with E-state index in [9.17, 15) is 19.4 Å². The molecule has 0 aliphatic carbocycles. The Hall–Kier alpha value is -1.02. The first-order valence-corrected chi connectivity index (χ1v) is 30.6. The third kappa shape index (κ3) is 52.6. The Morgan fingerprint density at radius 3 is 1.24 bits per heavy atom. The van der Waals surface area contributed by atoms with Gasteiger partial charge < -0.3 is 28.8 Å². The maximum absolute atomic E-state index is 13.0. The minimum Gasteiger partial charge on any atom is -0.756 e. The fraction of sp³-hybridized carbons (Fsp3) is 0.914. The Balaban J connectivity index is 4.14. The first kappa shape index (κ1) is 66.0. The van der Waals surface area contributed by atoms with Crippen molar-refractivity contribution in [2.45, 2.75) is 302 Å². The van der Waals surface area contributed by atoms with Crippen LogP contribution in [0.4, 0.5) is 0 Å². The number of rotatable bonds is 54. The number of aliphatic hydroxyl groups is 1. The maximum atomic E-state index is 13.0. The van der Waals surface area contributed by atoms with Crippen molar-refractivity contribution in [3.05, 3.63) is 24.3 Å². The second-order valence-corrected chi connectivity index (χ2v) is 22.8. The van der Waals surface area contributed by atoms with Gasteiger partial charge in [-0.25, -0.2) is 0 Å². The summed E-state index contributed by atoms with van der Waals surface area (Å²) in [4.78, 5) is 25.5. The van der Waals surface area contributed by atoms with E-state index in [1.54, 1.807) is 0 Å². The Morgan fingerprint density at radius 2 is 0.866 bits per heavy atom.